The molecule has 2 aromatic heterocycles. The molecule has 1 atom stereocenters. The van der Waals surface area contributed by atoms with Gasteiger partial charge in [0.1, 0.15) is 10.7 Å². The number of Topliss-reactive ketones (excluding diaryl/α,β-unsaturated/α-hetero) is 1. The number of H-pyrrole nitrogens is 1. The molecule has 0 radical (unpaired) electrons. The zero-order valence-electron chi connectivity index (χ0n) is 19.7. The molecule has 1 aromatic carbocycles. The maximum Gasteiger partial charge on any atom is 0.259 e. The van der Waals surface area contributed by atoms with Crippen LogP contribution in [0.25, 0.3) is 10.2 Å². The van der Waals surface area contributed by atoms with E-state index in [0.717, 1.165) is 53.2 Å². The number of aromatic amines is 1. The SMILES string of the molecule is Cc1sc2nc(C(C)N3CCC(C(=O)c4ccc(CC(C)C)cc4)CC3)[nH]c(=O)c2c1C. The molecule has 0 saturated carbocycles. The molecule has 170 valence electrons. The number of carbonyl (C=O) groups is 1. The molecule has 1 saturated heterocycles. The van der Waals surface area contributed by atoms with Crippen LogP contribution in [0.3, 0.4) is 0 Å². The highest BCUT2D eigenvalue weighted by molar-refractivity contribution is 7.18. The van der Waals surface area contributed by atoms with E-state index >= 15 is 0 Å². The fourth-order valence-electron chi connectivity index (χ4n) is 4.70. The average Bonchev–Trinajstić information content (AvgIpc) is 3.06. The third kappa shape index (κ3) is 4.57. The topological polar surface area (TPSA) is 66.1 Å². The number of piperidine rings is 1. The number of nitrogens with zero attached hydrogens (tertiary/aromatic N) is 2. The minimum Gasteiger partial charge on any atom is -0.309 e. The van der Waals surface area contributed by atoms with Gasteiger partial charge in [-0.1, -0.05) is 38.1 Å². The number of aromatic nitrogens is 2. The fraction of sp³-hybridized carbons (Fsp3) is 0.500. The average molecular weight is 452 g/mol. The number of fused-ring (bicyclic) bond motifs is 1. The number of carbonyl (C=O) groups excluding carboxylic acids is 1. The van der Waals surface area contributed by atoms with Crippen molar-refractivity contribution in [2.45, 2.75) is 59.9 Å². The van der Waals surface area contributed by atoms with E-state index in [1.165, 1.54) is 5.56 Å². The Morgan fingerprint density at radius 2 is 1.81 bits per heavy atom. The molecule has 1 aliphatic heterocycles. The molecule has 1 fully saturated rings. The van der Waals surface area contributed by atoms with E-state index in [1.807, 2.05) is 26.0 Å². The van der Waals surface area contributed by atoms with Gasteiger partial charge in [0.05, 0.1) is 11.4 Å². The lowest BCUT2D eigenvalue weighted by Crippen LogP contribution is -2.38. The van der Waals surface area contributed by atoms with Crippen LogP contribution in [0.1, 0.15) is 71.8 Å². The van der Waals surface area contributed by atoms with Crippen LogP contribution >= 0.6 is 11.3 Å². The largest absolute Gasteiger partial charge is 0.309 e. The van der Waals surface area contributed by atoms with Crippen molar-refractivity contribution in [3.05, 3.63) is 62.0 Å². The molecule has 1 unspecified atom stereocenters. The Balaban J connectivity index is 1.41. The molecule has 32 heavy (non-hydrogen) atoms. The summed E-state index contributed by atoms with van der Waals surface area (Å²) in [5.74, 6) is 1.65. The van der Waals surface area contributed by atoms with E-state index < -0.39 is 0 Å². The van der Waals surface area contributed by atoms with Crippen LogP contribution in [-0.4, -0.2) is 33.7 Å². The van der Waals surface area contributed by atoms with Gasteiger partial charge >= 0.3 is 0 Å². The lowest BCUT2D eigenvalue weighted by Gasteiger charge is -2.35. The number of nitrogens with one attached hydrogen (secondary N) is 1. The fourth-order valence-corrected chi connectivity index (χ4v) is 5.74. The monoisotopic (exact) mass is 451 g/mol. The highest BCUT2D eigenvalue weighted by Crippen LogP contribution is 2.30. The van der Waals surface area contributed by atoms with Crippen molar-refractivity contribution in [2.75, 3.05) is 13.1 Å². The zero-order valence-corrected chi connectivity index (χ0v) is 20.5. The number of hydrogen-bond acceptors (Lipinski definition) is 5. The smallest absolute Gasteiger partial charge is 0.259 e. The number of benzene rings is 1. The first-order valence-electron chi connectivity index (χ1n) is 11.6. The lowest BCUT2D eigenvalue weighted by atomic mass is 9.88. The summed E-state index contributed by atoms with van der Waals surface area (Å²) in [6.07, 6.45) is 2.71. The predicted molar refractivity (Wildman–Crippen MR) is 132 cm³/mol. The first-order chi connectivity index (χ1) is 15.2. The summed E-state index contributed by atoms with van der Waals surface area (Å²) in [4.78, 5) is 37.7. The van der Waals surface area contributed by atoms with Gasteiger partial charge < -0.3 is 4.98 Å². The van der Waals surface area contributed by atoms with E-state index in [2.05, 4.69) is 42.8 Å². The minimum absolute atomic E-state index is 0.0150. The van der Waals surface area contributed by atoms with Crippen LogP contribution in [-0.2, 0) is 6.42 Å². The summed E-state index contributed by atoms with van der Waals surface area (Å²) in [5, 5.41) is 0.715. The summed E-state index contributed by atoms with van der Waals surface area (Å²) in [7, 11) is 0. The highest BCUT2D eigenvalue weighted by atomic mass is 32.1. The van der Waals surface area contributed by atoms with E-state index in [4.69, 9.17) is 4.98 Å². The van der Waals surface area contributed by atoms with E-state index in [1.54, 1.807) is 11.3 Å². The van der Waals surface area contributed by atoms with Gasteiger partial charge in [0.2, 0.25) is 0 Å². The second kappa shape index (κ2) is 9.28. The number of likely N-dealkylation sites (tertiary alicyclic amines) is 1. The summed E-state index contributed by atoms with van der Waals surface area (Å²) in [6.45, 7) is 12.2. The molecule has 4 rings (SSSR count). The van der Waals surface area contributed by atoms with Crippen molar-refractivity contribution in [1.82, 2.24) is 14.9 Å². The zero-order chi connectivity index (χ0) is 23.0. The van der Waals surface area contributed by atoms with Gasteiger partial charge in [-0.25, -0.2) is 4.98 Å². The maximum absolute atomic E-state index is 13.0. The van der Waals surface area contributed by atoms with E-state index in [9.17, 15) is 9.59 Å². The molecular formula is C26H33N3O2S. The van der Waals surface area contributed by atoms with Gasteiger partial charge in [-0.3, -0.25) is 14.5 Å². The summed E-state index contributed by atoms with van der Waals surface area (Å²) < 4.78 is 0. The molecule has 6 heteroatoms. The third-order valence-electron chi connectivity index (χ3n) is 6.78. The maximum atomic E-state index is 13.0. The van der Waals surface area contributed by atoms with Crippen LogP contribution in [0.2, 0.25) is 0 Å². The molecule has 3 heterocycles. The first kappa shape index (κ1) is 22.9. The summed E-state index contributed by atoms with van der Waals surface area (Å²) >= 11 is 1.58. The van der Waals surface area contributed by atoms with Gasteiger partial charge in [0.15, 0.2) is 5.78 Å². The quantitative estimate of drug-likeness (QED) is 0.506. The second-order valence-electron chi connectivity index (χ2n) is 9.56. The van der Waals surface area contributed by atoms with Gasteiger partial charge in [0, 0.05) is 16.4 Å². The molecule has 3 aromatic rings. The van der Waals surface area contributed by atoms with Crippen LogP contribution in [0, 0.1) is 25.7 Å². The number of thiophene rings is 1. The van der Waals surface area contributed by atoms with Crippen molar-refractivity contribution in [1.29, 1.82) is 0 Å². The Labute approximate surface area is 193 Å². The Morgan fingerprint density at radius 1 is 1.16 bits per heavy atom. The number of rotatable bonds is 6. The summed E-state index contributed by atoms with van der Waals surface area (Å²) in [6, 6.07) is 8.18. The highest BCUT2D eigenvalue weighted by Gasteiger charge is 2.29. The molecule has 1 aliphatic rings. The molecule has 1 N–H and O–H groups in total. The normalized spacial score (nSPS) is 16.7. The van der Waals surface area contributed by atoms with Crippen molar-refractivity contribution >= 4 is 27.3 Å². The Bertz CT molecular complexity index is 1170. The third-order valence-corrected chi connectivity index (χ3v) is 7.88. The Kier molecular flexibility index (Phi) is 6.63. The summed E-state index contributed by atoms with van der Waals surface area (Å²) in [5.41, 5.74) is 3.08. The van der Waals surface area contributed by atoms with E-state index in [0.29, 0.717) is 17.1 Å². The molecule has 0 bridgehead atoms. The standard InChI is InChI=1S/C26H33N3O2S/c1-15(2)14-19-6-8-20(9-7-19)23(30)21-10-12-29(13-11-21)17(4)24-27-25(31)22-16(3)18(5)32-26(22)28-24/h6-9,15,17,21H,10-14H2,1-5H3,(H,27,28,31). The first-order valence-corrected chi connectivity index (χ1v) is 12.4. The Morgan fingerprint density at radius 3 is 2.44 bits per heavy atom. The molecule has 0 aliphatic carbocycles. The molecular weight excluding hydrogens is 418 g/mol. The van der Waals surface area contributed by atoms with Crippen molar-refractivity contribution in [2.24, 2.45) is 11.8 Å². The van der Waals surface area contributed by atoms with Crippen LogP contribution in [0.15, 0.2) is 29.1 Å². The van der Waals surface area contributed by atoms with Gasteiger partial charge in [0.25, 0.3) is 5.56 Å². The van der Waals surface area contributed by atoms with Crippen LogP contribution < -0.4 is 5.56 Å². The van der Waals surface area contributed by atoms with Gasteiger partial charge in [-0.2, -0.15) is 0 Å². The second-order valence-corrected chi connectivity index (χ2v) is 10.8. The van der Waals surface area contributed by atoms with Crippen molar-refractivity contribution in [3.63, 3.8) is 0 Å². The van der Waals surface area contributed by atoms with Gasteiger partial charge in [-0.05, 0) is 70.2 Å². The predicted octanol–water partition coefficient (Wildman–Crippen LogP) is 5.46. The molecule has 5 nitrogen and oxygen atoms in total. The Hall–Kier alpha value is -2.31. The van der Waals surface area contributed by atoms with E-state index in [-0.39, 0.29) is 23.3 Å². The molecule has 0 spiro atoms. The van der Waals surface area contributed by atoms with Crippen molar-refractivity contribution < 1.29 is 4.79 Å². The van der Waals surface area contributed by atoms with Crippen LogP contribution in [0.5, 0.6) is 0 Å². The molecule has 0 amide bonds. The van der Waals surface area contributed by atoms with Gasteiger partial charge in [-0.15, -0.1) is 11.3 Å². The lowest BCUT2D eigenvalue weighted by molar-refractivity contribution is 0.0796. The van der Waals surface area contributed by atoms with Crippen LogP contribution in [0.4, 0.5) is 0 Å². The minimum atomic E-state index is -0.0512. The number of aryl methyl sites for hydroxylation is 2. The number of hydrogen-bond donors (Lipinski definition) is 1. The number of ketones is 1. The van der Waals surface area contributed by atoms with Crippen molar-refractivity contribution in [3.8, 4) is 0 Å².